The van der Waals surface area contributed by atoms with Crippen molar-refractivity contribution in [2.75, 3.05) is 32.5 Å². The standard InChI is InChI=1S/C22H28N2O2/c1-26-22-8-7-19(16-20(22)23)21(25)11-14-24-12-9-18(10-13-24)15-17-5-3-2-4-6-17/h2-8,16,18H,9-15,23H2,1H3. The van der Waals surface area contributed by atoms with Gasteiger partial charge in [-0.15, -0.1) is 0 Å². The number of nitrogen functional groups attached to an aromatic ring is 1. The fourth-order valence-electron chi connectivity index (χ4n) is 3.67. The molecule has 3 rings (SSSR count). The Kier molecular flexibility index (Phi) is 6.29. The van der Waals surface area contributed by atoms with E-state index < -0.39 is 0 Å². The van der Waals surface area contributed by atoms with Gasteiger partial charge in [-0.1, -0.05) is 30.3 Å². The Balaban J connectivity index is 1.43. The molecular weight excluding hydrogens is 324 g/mol. The van der Waals surface area contributed by atoms with Gasteiger partial charge in [0.15, 0.2) is 5.78 Å². The Hall–Kier alpha value is -2.33. The summed E-state index contributed by atoms with van der Waals surface area (Å²) in [5.74, 6) is 1.51. The van der Waals surface area contributed by atoms with E-state index in [9.17, 15) is 4.79 Å². The summed E-state index contributed by atoms with van der Waals surface area (Å²) in [4.78, 5) is 14.8. The largest absolute Gasteiger partial charge is 0.495 e. The van der Waals surface area contributed by atoms with E-state index in [0.29, 0.717) is 23.4 Å². The monoisotopic (exact) mass is 352 g/mol. The van der Waals surface area contributed by atoms with Crippen molar-refractivity contribution in [3.8, 4) is 5.75 Å². The van der Waals surface area contributed by atoms with Crippen molar-refractivity contribution in [2.24, 2.45) is 5.92 Å². The van der Waals surface area contributed by atoms with Crippen molar-refractivity contribution in [3.05, 3.63) is 59.7 Å². The number of hydrogen-bond donors (Lipinski definition) is 1. The van der Waals surface area contributed by atoms with E-state index >= 15 is 0 Å². The number of hydrogen-bond acceptors (Lipinski definition) is 4. The first-order valence-electron chi connectivity index (χ1n) is 9.38. The second kappa shape index (κ2) is 8.86. The lowest BCUT2D eigenvalue weighted by Gasteiger charge is -2.31. The Morgan fingerprint density at radius 1 is 1.15 bits per heavy atom. The zero-order valence-corrected chi connectivity index (χ0v) is 15.5. The van der Waals surface area contributed by atoms with Crippen LogP contribution in [0, 0.1) is 5.92 Å². The van der Waals surface area contributed by atoms with Gasteiger partial charge in [0.05, 0.1) is 12.8 Å². The van der Waals surface area contributed by atoms with Crippen molar-refractivity contribution >= 4 is 11.5 Å². The molecule has 26 heavy (non-hydrogen) atoms. The molecular formula is C22H28N2O2. The normalized spacial score (nSPS) is 15.7. The highest BCUT2D eigenvalue weighted by atomic mass is 16.5. The van der Waals surface area contributed by atoms with Crippen molar-refractivity contribution in [1.29, 1.82) is 0 Å². The first-order chi connectivity index (χ1) is 12.7. The highest BCUT2D eigenvalue weighted by molar-refractivity contribution is 5.97. The molecule has 0 unspecified atom stereocenters. The summed E-state index contributed by atoms with van der Waals surface area (Å²) < 4.78 is 5.14. The molecule has 0 bridgehead atoms. The van der Waals surface area contributed by atoms with E-state index in [-0.39, 0.29) is 5.78 Å². The van der Waals surface area contributed by atoms with Gasteiger partial charge in [-0.25, -0.2) is 0 Å². The van der Waals surface area contributed by atoms with Crippen molar-refractivity contribution in [3.63, 3.8) is 0 Å². The molecule has 2 aromatic carbocycles. The number of ether oxygens (including phenoxy) is 1. The number of ketones is 1. The lowest BCUT2D eigenvalue weighted by atomic mass is 9.90. The molecule has 138 valence electrons. The number of carbonyl (C=O) groups excluding carboxylic acids is 1. The van der Waals surface area contributed by atoms with Crippen LogP contribution in [-0.2, 0) is 6.42 Å². The molecule has 4 heteroatoms. The molecule has 1 fully saturated rings. The van der Waals surface area contributed by atoms with Crippen molar-refractivity contribution in [1.82, 2.24) is 4.90 Å². The highest BCUT2D eigenvalue weighted by Crippen LogP contribution is 2.24. The number of anilines is 1. The average molecular weight is 352 g/mol. The first kappa shape index (κ1) is 18.5. The van der Waals surface area contributed by atoms with Gasteiger partial charge in [0.2, 0.25) is 0 Å². The van der Waals surface area contributed by atoms with Crippen LogP contribution in [0.15, 0.2) is 48.5 Å². The van der Waals surface area contributed by atoms with Crippen LogP contribution < -0.4 is 10.5 Å². The molecule has 1 saturated heterocycles. The maximum absolute atomic E-state index is 12.4. The fraction of sp³-hybridized carbons (Fsp3) is 0.409. The number of benzene rings is 2. The van der Waals surface area contributed by atoms with Gasteiger partial charge in [0, 0.05) is 18.5 Å². The summed E-state index contributed by atoms with van der Waals surface area (Å²) in [6.45, 7) is 2.98. The number of piperidine rings is 1. The minimum Gasteiger partial charge on any atom is -0.495 e. The summed E-state index contributed by atoms with van der Waals surface area (Å²) in [5, 5.41) is 0. The summed E-state index contributed by atoms with van der Waals surface area (Å²) in [6, 6.07) is 16.0. The quantitative estimate of drug-likeness (QED) is 0.608. The second-order valence-electron chi connectivity index (χ2n) is 7.10. The van der Waals surface area contributed by atoms with Gasteiger partial charge in [-0.05, 0) is 62.0 Å². The van der Waals surface area contributed by atoms with Gasteiger partial charge in [0.25, 0.3) is 0 Å². The number of carbonyl (C=O) groups is 1. The highest BCUT2D eigenvalue weighted by Gasteiger charge is 2.20. The lowest BCUT2D eigenvalue weighted by Crippen LogP contribution is -2.35. The van der Waals surface area contributed by atoms with Crippen LogP contribution in [0.2, 0.25) is 0 Å². The predicted molar refractivity (Wildman–Crippen MR) is 106 cm³/mol. The number of nitrogens with two attached hydrogens (primary N) is 1. The molecule has 0 amide bonds. The maximum atomic E-state index is 12.4. The molecule has 0 aromatic heterocycles. The van der Waals surface area contributed by atoms with Crippen LogP contribution in [0.1, 0.15) is 35.2 Å². The molecule has 0 radical (unpaired) electrons. The van der Waals surface area contributed by atoms with Crippen LogP contribution in [0.4, 0.5) is 5.69 Å². The molecule has 1 aliphatic heterocycles. The molecule has 0 aliphatic carbocycles. The van der Waals surface area contributed by atoms with Crippen molar-refractivity contribution < 1.29 is 9.53 Å². The average Bonchev–Trinajstić information content (AvgIpc) is 2.68. The van der Waals surface area contributed by atoms with E-state index in [1.54, 1.807) is 25.3 Å². The van der Waals surface area contributed by atoms with E-state index in [1.807, 2.05) is 0 Å². The van der Waals surface area contributed by atoms with Crippen LogP contribution >= 0.6 is 0 Å². The van der Waals surface area contributed by atoms with Gasteiger partial charge in [0.1, 0.15) is 5.75 Å². The number of rotatable bonds is 7. The topological polar surface area (TPSA) is 55.6 Å². The lowest BCUT2D eigenvalue weighted by molar-refractivity contribution is 0.0951. The Morgan fingerprint density at radius 3 is 2.54 bits per heavy atom. The second-order valence-corrected chi connectivity index (χ2v) is 7.10. The summed E-state index contributed by atoms with van der Waals surface area (Å²) in [6.07, 6.45) is 4.12. The smallest absolute Gasteiger partial charge is 0.164 e. The van der Waals surface area contributed by atoms with Crippen molar-refractivity contribution in [2.45, 2.75) is 25.7 Å². The maximum Gasteiger partial charge on any atom is 0.164 e. The molecule has 2 N–H and O–H groups in total. The third-order valence-corrected chi connectivity index (χ3v) is 5.28. The van der Waals surface area contributed by atoms with Gasteiger partial charge < -0.3 is 15.4 Å². The zero-order chi connectivity index (χ0) is 18.4. The fourth-order valence-corrected chi connectivity index (χ4v) is 3.67. The minimum atomic E-state index is 0.144. The number of likely N-dealkylation sites (tertiary alicyclic amines) is 1. The van der Waals surface area contributed by atoms with E-state index in [0.717, 1.165) is 25.6 Å². The Labute approximate surface area is 156 Å². The molecule has 0 spiro atoms. The Bertz CT molecular complexity index is 722. The molecule has 0 atom stereocenters. The predicted octanol–water partition coefficient (Wildman–Crippen LogP) is 3.80. The van der Waals surface area contributed by atoms with Crippen LogP contribution in [0.5, 0.6) is 5.75 Å². The zero-order valence-electron chi connectivity index (χ0n) is 15.5. The molecule has 1 aliphatic rings. The SMILES string of the molecule is COc1ccc(C(=O)CCN2CCC(Cc3ccccc3)CC2)cc1N. The van der Waals surface area contributed by atoms with Crippen LogP contribution in [0.3, 0.4) is 0 Å². The van der Waals surface area contributed by atoms with Gasteiger partial charge in [-0.2, -0.15) is 0 Å². The molecule has 0 saturated carbocycles. The first-order valence-corrected chi connectivity index (χ1v) is 9.38. The number of Topliss-reactive ketones (excluding diaryl/α,β-unsaturated/α-hetero) is 1. The minimum absolute atomic E-state index is 0.144. The van der Waals surface area contributed by atoms with E-state index in [2.05, 4.69) is 35.2 Å². The summed E-state index contributed by atoms with van der Waals surface area (Å²) >= 11 is 0. The van der Waals surface area contributed by atoms with Gasteiger partial charge in [-0.3, -0.25) is 4.79 Å². The summed E-state index contributed by atoms with van der Waals surface area (Å²) in [5.41, 5.74) is 8.51. The Morgan fingerprint density at radius 2 is 1.88 bits per heavy atom. The molecule has 1 heterocycles. The molecule has 2 aromatic rings. The summed E-state index contributed by atoms with van der Waals surface area (Å²) in [7, 11) is 1.58. The third-order valence-electron chi connectivity index (χ3n) is 5.28. The van der Waals surface area contributed by atoms with E-state index in [1.165, 1.54) is 24.8 Å². The number of nitrogens with zero attached hydrogens (tertiary/aromatic N) is 1. The van der Waals surface area contributed by atoms with E-state index in [4.69, 9.17) is 10.5 Å². The van der Waals surface area contributed by atoms with Gasteiger partial charge >= 0.3 is 0 Å². The third kappa shape index (κ3) is 4.85. The molecule has 4 nitrogen and oxygen atoms in total. The van der Waals surface area contributed by atoms with Crippen LogP contribution in [-0.4, -0.2) is 37.4 Å². The number of methoxy groups -OCH3 is 1. The van der Waals surface area contributed by atoms with Crippen LogP contribution in [0.25, 0.3) is 0 Å².